The van der Waals surface area contributed by atoms with Gasteiger partial charge in [0.05, 0.1) is 36.5 Å². The number of aromatic nitrogens is 3. The molecule has 198 valence electrons. The van der Waals surface area contributed by atoms with Crippen LogP contribution in [0.25, 0.3) is 11.0 Å². The SMILES string of the molecule is COc1cc(C2(C(=O)NCc3ccc4nc[nH]c4c3)CCCC2)ccc1OCCCCc1ccnc(N)c1. The quantitative estimate of drug-likeness (QED) is 0.241. The van der Waals surface area contributed by atoms with E-state index in [0.717, 1.165) is 67.1 Å². The maximum absolute atomic E-state index is 13.6. The first-order valence-corrected chi connectivity index (χ1v) is 13.3. The maximum atomic E-state index is 13.6. The Kier molecular flexibility index (Phi) is 7.77. The fraction of sp³-hybridized carbons (Fsp3) is 0.367. The number of unbranched alkanes of at least 4 members (excludes halogenated alkanes) is 1. The average molecular weight is 514 g/mol. The molecule has 0 atom stereocenters. The van der Waals surface area contributed by atoms with Gasteiger partial charge in [-0.25, -0.2) is 9.97 Å². The zero-order chi connectivity index (χ0) is 26.4. The second-order valence-electron chi connectivity index (χ2n) is 9.99. The van der Waals surface area contributed by atoms with Crippen LogP contribution >= 0.6 is 0 Å². The molecule has 2 aromatic heterocycles. The first-order valence-electron chi connectivity index (χ1n) is 13.3. The summed E-state index contributed by atoms with van der Waals surface area (Å²) in [5.41, 5.74) is 10.3. The van der Waals surface area contributed by atoms with E-state index >= 15 is 0 Å². The number of nitrogens with one attached hydrogen (secondary N) is 2. The van der Waals surface area contributed by atoms with E-state index in [9.17, 15) is 4.79 Å². The summed E-state index contributed by atoms with van der Waals surface area (Å²) in [6.07, 6.45) is 9.94. The van der Waals surface area contributed by atoms with Crippen LogP contribution in [0, 0.1) is 0 Å². The number of carbonyl (C=O) groups excluding carboxylic acids is 1. The zero-order valence-electron chi connectivity index (χ0n) is 21.8. The Morgan fingerprint density at radius 1 is 1.03 bits per heavy atom. The number of nitrogens with two attached hydrogens (primary N) is 1. The van der Waals surface area contributed by atoms with Crippen molar-refractivity contribution in [1.82, 2.24) is 20.3 Å². The number of rotatable bonds is 11. The van der Waals surface area contributed by atoms with Crippen molar-refractivity contribution in [2.45, 2.75) is 56.9 Å². The molecule has 2 heterocycles. The van der Waals surface area contributed by atoms with Crippen LogP contribution in [-0.2, 0) is 23.2 Å². The van der Waals surface area contributed by atoms with Gasteiger partial charge in [0.25, 0.3) is 0 Å². The van der Waals surface area contributed by atoms with E-state index in [0.29, 0.717) is 30.5 Å². The van der Waals surface area contributed by atoms with Crippen molar-refractivity contribution >= 4 is 22.8 Å². The van der Waals surface area contributed by atoms with Crippen LogP contribution in [0.15, 0.2) is 61.1 Å². The molecule has 0 spiro atoms. The van der Waals surface area contributed by atoms with E-state index in [1.54, 1.807) is 19.6 Å². The summed E-state index contributed by atoms with van der Waals surface area (Å²) in [5.74, 6) is 1.97. The predicted molar refractivity (Wildman–Crippen MR) is 148 cm³/mol. The average Bonchev–Trinajstić information content (AvgIpc) is 3.62. The van der Waals surface area contributed by atoms with Gasteiger partial charge in [-0.2, -0.15) is 0 Å². The molecule has 38 heavy (non-hydrogen) atoms. The second kappa shape index (κ2) is 11.5. The number of aromatic amines is 1. The molecule has 2 aromatic carbocycles. The minimum atomic E-state index is -0.559. The minimum Gasteiger partial charge on any atom is -0.493 e. The summed E-state index contributed by atoms with van der Waals surface area (Å²) in [6, 6.07) is 15.9. The first kappa shape index (κ1) is 25.6. The van der Waals surface area contributed by atoms with Crippen LogP contribution in [0.4, 0.5) is 5.82 Å². The number of hydrogen-bond donors (Lipinski definition) is 3. The Labute approximate surface area is 223 Å². The van der Waals surface area contributed by atoms with E-state index in [2.05, 4.69) is 20.3 Å². The van der Waals surface area contributed by atoms with Gasteiger partial charge in [-0.3, -0.25) is 4.79 Å². The molecule has 0 bridgehead atoms. The van der Waals surface area contributed by atoms with Gasteiger partial charge in [-0.15, -0.1) is 0 Å². The predicted octanol–water partition coefficient (Wildman–Crippen LogP) is 5.08. The van der Waals surface area contributed by atoms with Gasteiger partial charge in [-0.1, -0.05) is 25.0 Å². The van der Waals surface area contributed by atoms with Crippen molar-refractivity contribution in [3.63, 3.8) is 0 Å². The molecule has 0 radical (unpaired) electrons. The number of fused-ring (bicyclic) bond motifs is 1. The van der Waals surface area contributed by atoms with E-state index in [1.165, 1.54) is 5.56 Å². The summed E-state index contributed by atoms with van der Waals surface area (Å²) >= 11 is 0. The van der Waals surface area contributed by atoms with Crippen molar-refractivity contribution in [2.24, 2.45) is 0 Å². The number of pyridine rings is 1. The number of amides is 1. The highest BCUT2D eigenvalue weighted by atomic mass is 16.5. The molecule has 1 fully saturated rings. The maximum Gasteiger partial charge on any atom is 0.230 e. The Morgan fingerprint density at radius 3 is 2.71 bits per heavy atom. The Hall–Kier alpha value is -4.07. The van der Waals surface area contributed by atoms with Gasteiger partial charge in [-0.05, 0) is 85.2 Å². The van der Waals surface area contributed by atoms with Gasteiger partial charge in [0.1, 0.15) is 5.82 Å². The van der Waals surface area contributed by atoms with E-state index in [1.807, 2.05) is 48.5 Å². The largest absolute Gasteiger partial charge is 0.493 e. The normalized spacial score (nSPS) is 14.4. The second-order valence-corrected chi connectivity index (χ2v) is 9.99. The molecule has 5 rings (SSSR count). The Bertz CT molecular complexity index is 1390. The molecular formula is C30H35N5O3. The lowest BCUT2D eigenvalue weighted by Gasteiger charge is -2.29. The number of aryl methyl sites for hydroxylation is 1. The summed E-state index contributed by atoms with van der Waals surface area (Å²) in [7, 11) is 1.65. The number of methoxy groups -OCH3 is 1. The summed E-state index contributed by atoms with van der Waals surface area (Å²) < 4.78 is 11.7. The highest BCUT2D eigenvalue weighted by molar-refractivity contribution is 5.89. The lowest BCUT2D eigenvalue weighted by atomic mass is 9.77. The molecule has 1 aliphatic carbocycles. The number of carbonyl (C=O) groups is 1. The highest BCUT2D eigenvalue weighted by Crippen LogP contribution is 2.44. The van der Waals surface area contributed by atoms with Gasteiger partial charge in [0.2, 0.25) is 5.91 Å². The smallest absolute Gasteiger partial charge is 0.230 e. The number of benzene rings is 2. The van der Waals surface area contributed by atoms with Crippen LogP contribution in [-0.4, -0.2) is 34.6 Å². The van der Waals surface area contributed by atoms with E-state index in [4.69, 9.17) is 15.2 Å². The lowest BCUT2D eigenvalue weighted by Crippen LogP contribution is -2.42. The number of nitrogens with zero attached hydrogens (tertiary/aromatic N) is 2. The van der Waals surface area contributed by atoms with Gasteiger partial charge >= 0.3 is 0 Å². The molecule has 0 saturated heterocycles. The summed E-state index contributed by atoms with van der Waals surface area (Å²) in [4.78, 5) is 25.0. The third-order valence-electron chi connectivity index (χ3n) is 7.51. The Morgan fingerprint density at radius 2 is 1.89 bits per heavy atom. The number of imidazole rings is 1. The van der Waals surface area contributed by atoms with Crippen molar-refractivity contribution in [1.29, 1.82) is 0 Å². The van der Waals surface area contributed by atoms with Gasteiger partial charge < -0.3 is 25.5 Å². The van der Waals surface area contributed by atoms with Crippen molar-refractivity contribution < 1.29 is 14.3 Å². The standard InChI is InChI=1S/C30H35N5O3/c1-37-27-18-23(8-10-26(27)38-15-5-2-6-21-11-14-32-28(31)17-21)30(12-3-4-13-30)29(36)33-19-22-7-9-24-25(16-22)35-20-34-24/h7-11,14,16-18,20H,2-6,12-13,15,19H2,1H3,(H2,31,32)(H,33,36)(H,34,35). The van der Waals surface area contributed by atoms with Crippen LogP contribution < -0.4 is 20.5 Å². The number of hydrogen-bond acceptors (Lipinski definition) is 6. The van der Waals surface area contributed by atoms with Crippen LogP contribution in [0.5, 0.6) is 11.5 Å². The van der Waals surface area contributed by atoms with Gasteiger partial charge in [0.15, 0.2) is 11.5 Å². The molecular weight excluding hydrogens is 478 g/mol. The fourth-order valence-corrected chi connectivity index (χ4v) is 5.42. The molecule has 1 aliphatic rings. The number of ether oxygens (including phenoxy) is 2. The summed E-state index contributed by atoms with van der Waals surface area (Å²) in [5, 5.41) is 3.20. The third-order valence-corrected chi connectivity index (χ3v) is 7.51. The van der Waals surface area contributed by atoms with Crippen molar-refractivity contribution in [3.8, 4) is 11.5 Å². The van der Waals surface area contributed by atoms with E-state index < -0.39 is 5.41 Å². The molecule has 4 aromatic rings. The summed E-state index contributed by atoms with van der Waals surface area (Å²) in [6.45, 7) is 1.06. The number of anilines is 1. The number of H-pyrrole nitrogens is 1. The van der Waals surface area contributed by atoms with Gasteiger partial charge in [0, 0.05) is 12.7 Å². The number of nitrogen functional groups attached to an aromatic ring is 1. The molecule has 4 N–H and O–H groups in total. The van der Waals surface area contributed by atoms with Crippen molar-refractivity contribution in [2.75, 3.05) is 19.5 Å². The topological polar surface area (TPSA) is 115 Å². The van der Waals surface area contributed by atoms with E-state index in [-0.39, 0.29) is 5.91 Å². The van der Waals surface area contributed by atoms with Crippen LogP contribution in [0.3, 0.4) is 0 Å². The zero-order valence-corrected chi connectivity index (χ0v) is 21.8. The third kappa shape index (κ3) is 5.59. The molecule has 0 aliphatic heterocycles. The lowest BCUT2D eigenvalue weighted by molar-refractivity contribution is -0.126. The van der Waals surface area contributed by atoms with Crippen LogP contribution in [0.2, 0.25) is 0 Å². The highest BCUT2D eigenvalue weighted by Gasteiger charge is 2.43. The molecule has 1 saturated carbocycles. The molecule has 8 nitrogen and oxygen atoms in total. The molecule has 1 amide bonds. The van der Waals surface area contributed by atoms with Crippen LogP contribution in [0.1, 0.15) is 55.2 Å². The first-order chi connectivity index (χ1) is 18.6. The molecule has 8 heteroatoms. The fourth-order valence-electron chi connectivity index (χ4n) is 5.42. The monoisotopic (exact) mass is 513 g/mol. The van der Waals surface area contributed by atoms with Crippen molar-refractivity contribution in [3.05, 3.63) is 77.7 Å². The Balaban J connectivity index is 1.21. The minimum absolute atomic E-state index is 0.0622. The molecule has 0 unspecified atom stereocenters.